The molecule has 3 N–H and O–H groups in total. The van der Waals surface area contributed by atoms with Crippen LogP contribution in [0.15, 0.2) is 73.1 Å². The Morgan fingerprint density at radius 3 is 2.60 bits per heavy atom. The summed E-state index contributed by atoms with van der Waals surface area (Å²) in [5.41, 5.74) is 8.52. The molecular weight excluding hydrogens is 246 g/mol. The smallest absolute Gasteiger partial charge is 0.0701 e. The van der Waals surface area contributed by atoms with Crippen LogP contribution in [0.2, 0.25) is 0 Å². The van der Waals surface area contributed by atoms with Gasteiger partial charge in [0.05, 0.1) is 5.52 Å². The quantitative estimate of drug-likeness (QED) is 0.470. The van der Waals surface area contributed by atoms with E-state index in [1.54, 1.807) is 0 Å². The van der Waals surface area contributed by atoms with Crippen molar-refractivity contribution in [2.75, 3.05) is 5.73 Å². The standard InChI is InChI=1S/C9H7N.C8H8N2/c1-2-6-9-8(4-1)5-3-7-10-9;9-7-2-1-6-3-4-10-8(6)5-7/h1-7H;1-5,10H,9H2. The molecule has 0 amide bonds. The van der Waals surface area contributed by atoms with E-state index in [1.165, 1.54) is 10.8 Å². The Hall–Kier alpha value is -2.81. The SMILES string of the molecule is Nc1ccc2cc[nH]c2c1.c1ccc2ncccc2c1. The van der Waals surface area contributed by atoms with Gasteiger partial charge in [0.15, 0.2) is 0 Å². The van der Waals surface area contributed by atoms with Crippen molar-refractivity contribution < 1.29 is 0 Å². The number of pyridine rings is 1. The van der Waals surface area contributed by atoms with Crippen LogP contribution in [0.25, 0.3) is 21.8 Å². The number of nitrogen functional groups attached to an aromatic ring is 1. The van der Waals surface area contributed by atoms with E-state index in [1.807, 2.05) is 60.9 Å². The maximum absolute atomic E-state index is 5.56. The maximum Gasteiger partial charge on any atom is 0.0701 e. The highest BCUT2D eigenvalue weighted by Crippen LogP contribution is 2.14. The summed E-state index contributed by atoms with van der Waals surface area (Å²) in [7, 11) is 0. The van der Waals surface area contributed by atoms with Crippen LogP contribution < -0.4 is 5.73 Å². The van der Waals surface area contributed by atoms with Gasteiger partial charge >= 0.3 is 0 Å². The van der Waals surface area contributed by atoms with Crippen LogP contribution in [-0.4, -0.2) is 9.97 Å². The minimum atomic E-state index is 0.801. The molecule has 4 aromatic rings. The molecule has 0 atom stereocenters. The molecule has 0 aliphatic heterocycles. The molecule has 3 nitrogen and oxygen atoms in total. The second-order valence-electron chi connectivity index (χ2n) is 4.52. The number of aromatic amines is 1. The number of nitrogens with two attached hydrogens (primary N) is 1. The molecule has 0 bridgehead atoms. The highest BCUT2D eigenvalue weighted by molar-refractivity contribution is 5.82. The maximum atomic E-state index is 5.56. The van der Waals surface area contributed by atoms with Gasteiger partial charge in [0.1, 0.15) is 0 Å². The van der Waals surface area contributed by atoms with Gasteiger partial charge in [-0.15, -0.1) is 0 Å². The van der Waals surface area contributed by atoms with Crippen molar-refractivity contribution in [3.8, 4) is 0 Å². The van der Waals surface area contributed by atoms with E-state index in [0.29, 0.717) is 0 Å². The largest absolute Gasteiger partial charge is 0.399 e. The highest BCUT2D eigenvalue weighted by atomic mass is 14.7. The van der Waals surface area contributed by atoms with Crippen LogP contribution in [0.4, 0.5) is 5.69 Å². The number of anilines is 1. The third-order valence-electron chi connectivity index (χ3n) is 3.09. The topological polar surface area (TPSA) is 54.7 Å². The molecule has 0 saturated carbocycles. The Labute approximate surface area is 117 Å². The first kappa shape index (κ1) is 12.2. The predicted molar refractivity (Wildman–Crippen MR) is 84.5 cm³/mol. The van der Waals surface area contributed by atoms with E-state index in [4.69, 9.17) is 5.73 Å². The first-order chi connectivity index (χ1) is 9.83. The number of hydrogen-bond donors (Lipinski definition) is 2. The first-order valence-electron chi connectivity index (χ1n) is 6.45. The normalized spacial score (nSPS) is 10.2. The van der Waals surface area contributed by atoms with Crippen molar-refractivity contribution in [3.63, 3.8) is 0 Å². The van der Waals surface area contributed by atoms with Gasteiger partial charge in [0, 0.05) is 29.0 Å². The van der Waals surface area contributed by atoms with Crippen LogP contribution in [0.3, 0.4) is 0 Å². The van der Waals surface area contributed by atoms with Crippen molar-refractivity contribution in [2.45, 2.75) is 0 Å². The number of nitrogens with one attached hydrogen (secondary N) is 1. The summed E-state index contributed by atoms with van der Waals surface area (Å²) < 4.78 is 0. The van der Waals surface area contributed by atoms with Gasteiger partial charge in [-0.25, -0.2) is 0 Å². The summed E-state index contributed by atoms with van der Waals surface area (Å²) in [6, 6.07) is 19.9. The van der Waals surface area contributed by atoms with Crippen molar-refractivity contribution in [1.29, 1.82) is 0 Å². The molecule has 2 aromatic heterocycles. The van der Waals surface area contributed by atoms with E-state index in [0.717, 1.165) is 16.7 Å². The fourth-order valence-corrected chi connectivity index (χ4v) is 2.08. The summed E-state index contributed by atoms with van der Waals surface area (Å²) in [4.78, 5) is 7.26. The van der Waals surface area contributed by atoms with Gasteiger partial charge in [-0.3, -0.25) is 4.98 Å². The summed E-state index contributed by atoms with van der Waals surface area (Å²) >= 11 is 0. The van der Waals surface area contributed by atoms with Crippen LogP contribution >= 0.6 is 0 Å². The van der Waals surface area contributed by atoms with Crippen molar-refractivity contribution in [2.24, 2.45) is 0 Å². The molecule has 98 valence electrons. The fraction of sp³-hybridized carbons (Fsp3) is 0. The Bertz CT molecular complexity index is 768. The van der Waals surface area contributed by atoms with Crippen LogP contribution in [-0.2, 0) is 0 Å². The molecule has 0 radical (unpaired) electrons. The third kappa shape index (κ3) is 2.62. The summed E-state index contributed by atoms with van der Waals surface area (Å²) in [6.07, 6.45) is 3.71. The van der Waals surface area contributed by atoms with E-state index in [2.05, 4.69) is 22.1 Å². The molecule has 2 aromatic carbocycles. The number of nitrogens with zero attached hydrogens (tertiary/aromatic N) is 1. The zero-order valence-corrected chi connectivity index (χ0v) is 11.0. The minimum Gasteiger partial charge on any atom is -0.399 e. The summed E-state index contributed by atoms with van der Waals surface area (Å²) in [5, 5.41) is 2.40. The first-order valence-corrected chi connectivity index (χ1v) is 6.45. The van der Waals surface area contributed by atoms with E-state index >= 15 is 0 Å². The van der Waals surface area contributed by atoms with Gasteiger partial charge in [-0.05, 0) is 35.7 Å². The number of hydrogen-bond acceptors (Lipinski definition) is 2. The lowest BCUT2D eigenvalue weighted by Gasteiger charge is -1.91. The predicted octanol–water partition coefficient (Wildman–Crippen LogP) is 3.98. The third-order valence-corrected chi connectivity index (χ3v) is 3.09. The number of H-pyrrole nitrogens is 1. The van der Waals surface area contributed by atoms with E-state index in [9.17, 15) is 0 Å². The lowest BCUT2D eigenvalue weighted by atomic mass is 10.2. The molecule has 2 heterocycles. The molecule has 0 aliphatic carbocycles. The molecule has 0 spiro atoms. The zero-order valence-electron chi connectivity index (χ0n) is 11.0. The minimum absolute atomic E-state index is 0.801. The number of rotatable bonds is 0. The van der Waals surface area contributed by atoms with Gasteiger partial charge in [-0.1, -0.05) is 30.3 Å². The molecule has 0 fully saturated rings. The molecule has 20 heavy (non-hydrogen) atoms. The summed E-state index contributed by atoms with van der Waals surface area (Å²) in [5.74, 6) is 0. The van der Waals surface area contributed by atoms with Gasteiger partial charge in [0.25, 0.3) is 0 Å². The lowest BCUT2D eigenvalue weighted by Crippen LogP contribution is -1.81. The van der Waals surface area contributed by atoms with E-state index < -0.39 is 0 Å². The summed E-state index contributed by atoms with van der Waals surface area (Å²) in [6.45, 7) is 0. The molecule has 3 heteroatoms. The number of fused-ring (bicyclic) bond motifs is 2. The second kappa shape index (κ2) is 5.45. The molecular formula is C17H15N3. The second-order valence-corrected chi connectivity index (χ2v) is 4.52. The number of para-hydroxylation sites is 1. The van der Waals surface area contributed by atoms with Crippen LogP contribution in [0.1, 0.15) is 0 Å². The van der Waals surface area contributed by atoms with Crippen molar-refractivity contribution in [1.82, 2.24) is 9.97 Å². The molecule has 4 rings (SSSR count). The van der Waals surface area contributed by atoms with Gasteiger partial charge in [-0.2, -0.15) is 0 Å². The number of benzene rings is 2. The highest BCUT2D eigenvalue weighted by Gasteiger charge is 1.91. The fourth-order valence-electron chi connectivity index (χ4n) is 2.08. The molecule has 0 aliphatic rings. The van der Waals surface area contributed by atoms with Crippen molar-refractivity contribution >= 4 is 27.5 Å². The Morgan fingerprint density at radius 2 is 1.70 bits per heavy atom. The van der Waals surface area contributed by atoms with Crippen LogP contribution in [0.5, 0.6) is 0 Å². The Kier molecular flexibility index (Phi) is 3.33. The molecule has 0 unspecified atom stereocenters. The Balaban J connectivity index is 0.000000121. The van der Waals surface area contributed by atoms with Gasteiger partial charge < -0.3 is 10.7 Å². The van der Waals surface area contributed by atoms with Crippen molar-refractivity contribution in [3.05, 3.63) is 73.1 Å². The van der Waals surface area contributed by atoms with E-state index in [-0.39, 0.29) is 0 Å². The van der Waals surface area contributed by atoms with Gasteiger partial charge in [0.2, 0.25) is 0 Å². The zero-order chi connectivity index (χ0) is 13.8. The average Bonchev–Trinajstić information content (AvgIpc) is 2.95. The number of aromatic nitrogens is 2. The Morgan fingerprint density at radius 1 is 0.850 bits per heavy atom. The van der Waals surface area contributed by atoms with Crippen LogP contribution in [0, 0.1) is 0 Å². The average molecular weight is 261 g/mol. The monoisotopic (exact) mass is 261 g/mol. The molecule has 0 saturated heterocycles. The lowest BCUT2D eigenvalue weighted by molar-refractivity contribution is 1.41.